The minimum absolute atomic E-state index is 0.222. The van der Waals surface area contributed by atoms with Gasteiger partial charge in [-0.25, -0.2) is 0 Å². The lowest BCUT2D eigenvalue weighted by molar-refractivity contribution is 0.403. The number of carbonyl (C=O) groups excluding carboxylic acids is 1. The standard InChI is InChI=1S/C16H31O/c1-4-5-6-7-8-9-10-11-12-13-14-16(2,3)15-17/h4-14H2,1-3H3. The van der Waals surface area contributed by atoms with Crippen LogP contribution >= 0.6 is 0 Å². The fourth-order valence-electron chi connectivity index (χ4n) is 2.11. The lowest BCUT2D eigenvalue weighted by Gasteiger charge is -2.14. The van der Waals surface area contributed by atoms with Crippen LogP contribution in [0.4, 0.5) is 0 Å². The van der Waals surface area contributed by atoms with E-state index < -0.39 is 0 Å². The summed E-state index contributed by atoms with van der Waals surface area (Å²) in [5.41, 5.74) is -0.222. The zero-order valence-electron chi connectivity index (χ0n) is 12.2. The normalized spacial score (nSPS) is 11.7. The molecule has 0 atom stereocenters. The van der Waals surface area contributed by atoms with Crippen molar-refractivity contribution in [3.63, 3.8) is 0 Å². The average molecular weight is 239 g/mol. The van der Waals surface area contributed by atoms with Crippen LogP contribution in [-0.4, -0.2) is 6.29 Å². The van der Waals surface area contributed by atoms with E-state index in [1.54, 1.807) is 0 Å². The minimum atomic E-state index is -0.222. The Balaban J connectivity index is 3.11. The smallest absolute Gasteiger partial charge is 0.204 e. The zero-order valence-corrected chi connectivity index (χ0v) is 12.2. The summed E-state index contributed by atoms with van der Waals surface area (Å²) in [7, 11) is 0. The summed E-state index contributed by atoms with van der Waals surface area (Å²) >= 11 is 0. The predicted molar refractivity (Wildman–Crippen MR) is 75.9 cm³/mol. The molecule has 1 heteroatoms. The van der Waals surface area contributed by atoms with E-state index in [-0.39, 0.29) is 5.41 Å². The third kappa shape index (κ3) is 11.9. The van der Waals surface area contributed by atoms with Crippen LogP contribution in [0.2, 0.25) is 0 Å². The lowest BCUT2D eigenvalue weighted by atomic mass is 9.88. The van der Waals surface area contributed by atoms with Crippen molar-refractivity contribution in [1.29, 1.82) is 0 Å². The van der Waals surface area contributed by atoms with E-state index in [9.17, 15) is 4.79 Å². The maximum Gasteiger partial charge on any atom is 0.204 e. The molecule has 0 heterocycles. The molecule has 0 aliphatic heterocycles. The Morgan fingerprint density at radius 1 is 0.765 bits per heavy atom. The van der Waals surface area contributed by atoms with Crippen LogP contribution in [0.5, 0.6) is 0 Å². The molecule has 0 fully saturated rings. The van der Waals surface area contributed by atoms with Crippen molar-refractivity contribution >= 4 is 6.29 Å². The van der Waals surface area contributed by atoms with Crippen molar-refractivity contribution in [3.05, 3.63) is 0 Å². The molecule has 0 aromatic heterocycles. The highest BCUT2D eigenvalue weighted by Crippen LogP contribution is 2.21. The van der Waals surface area contributed by atoms with Gasteiger partial charge in [0, 0.05) is 5.41 Å². The number of hydrogen-bond donors (Lipinski definition) is 0. The van der Waals surface area contributed by atoms with Crippen LogP contribution in [0.1, 0.15) is 91.4 Å². The van der Waals surface area contributed by atoms with Gasteiger partial charge in [0.05, 0.1) is 0 Å². The largest absolute Gasteiger partial charge is 0.290 e. The van der Waals surface area contributed by atoms with Gasteiger partial charge in [-0.15, -0.1) is 0 Å². The molecule has 0 aromatic rings. The molecule has 0 N–H and O–H groups in total. The molecular weight excluding hydrogens is 208 g/mol. The number of unbranched alkanes of at least 4 members (excludes halogenated alkanes) is 9. The molecule has 0 rings (SSSR count). The molecule has 0 aliphatic carbocycles. The zero-order chi connectivity index (χ0) is 13.0. The summed E-state index contributed by atoms with van der Waals surface area (Å²) in [6, 6.07) is 0. The van der Waals surface area contributed by atoms with E-state index in [4.69, 9.17) is 0 Å². The summed E-state index contributed by atoms with van der Waals surface area (Å²) in [5.74, 6) is 0. The van der Waals surface area contributed by atoms with Gasteiger partial charge in [-0.1, -0.05) is 85.0 Å². The van der Waals surface area contributed by atoms with Gasteiger partial charge < -0.3 is 0 Å². The van der Waals surface area contributed by atoms with Gasteiger partial charge in [-0.2, -0.15) is 0 Å². The molecular formula is C16H31O. The summed E-state index contributed by atoms with van der Waals surface area (Å²) in [6.45, 7) is 6.22. The highest BCUT2D eigenvalue weighted by atomic mass is 16.1. The van der Waals surface area contributed by atoms with Crippen LogP contribution < -0.4 is 0 Å². The maximum atomic E-state index is 10.6. The second-order valence-corrected chi connectivity index (χ2v) is 5.92. The molecule has 0 bridgehead atoms. The van der Waals surface area contributed by atoms with Crippen molar-refractivity contribution in [2.75, 3.05) is 0 Å². The van der Waals surface area contributed by atoms with Crippen LogP contribution in [-0.2, 0) is 4.79 Å². The SMILES string of the molecule is CCCCCCCCCCCCC(C)(C)[C]=O. The van der Waals surface area contributed by atoms with Gasteiger partial charge >= 0.3 is 0 Å². The predicted octanol–water partition coefficient (Wildman–Crippen LogP) is 5.43. The molecule has 1 radical (unpaired) electrons. The third-order valence-electron chi connectivity index (χ3n) is 3.43. The van der Waals surface area contributed by atoms with Gasteiger partial charge in [-0.05, 0) is 6.42 Å². The fraction of sp³-hybridized carbons (Fsp3) is 0.938. The van der Waals surface area contributed by atoms with Crippen LogP contribution in [0, 0.1) is 5.41 Å². The van der Waals surface area contributed by atoms with Gasteiger partial charge in [-0.3, -0.25) is 4.79 Å². The lowest BCUT2D eigenvalue weighted by Crippen LogP contribution is -2.12. The van der Waals surface area contributed by atoms with E-state index in [1.807, 2.05) is 13.8 Å². The van der Waals surface area contributed by atoms with Crippen molar-refractivity contribution in [1.82, 2.24) is 0 Å². The summed E-state index contributed by atoms with van der Waals surface area (Å²) in [6.07, 6.45) is 16.7. The van der Waals surface area contributed by atoms with Crippen LogP contribution in [0.3, 0.4) is 0 Å². The molecule has 0 saturated carbocycles. The van der Waals surface area contributed by atoms with Crippen molar-refractivity contribution < 1.29 is 4.79 Å². The highest BCUT2D eigenvalue weighted by molar-refractivity contribution is 5.58. The second-order valence-electron chi connectivity index (χ2n) is 5.92. The van der Waals surface area contributed by atoms with Gasteiger partial charge in [0.1, 0.15) is 0 Å². The topological polar surface area (TPSA) is 17.1 Å². The molecule has 101 valence electrons. The third-order valence-corrected chi connectivity index (χ3v) is 3.43. The summed E-state index contributed by atoms with van der Waals surface area (Å²) < 4.78 is 0. The first kappa shape index (κ1) is 16.7. The Labute approximate surface area is 108 Å². The van der Waals surface area contributed by atoms with Gasteiger partial charge in [0.2, 0.25) is 6.29 Å². The van der Waals surface area contributed by atoms with Gasteiger partial charge in [0.15, 0.2) is 0 Å². The molecule has 0 spiro atoms. The van der Waals surface area contributed by atoms with E-state index in [0.29, 0.717) is 0 Å². The molecule has 0 saturated heterocycles. The summed E-state index contributed by atoms with van der Waals surface area (Å²) in [4.78, 5) is 10.6. The Kier molecular flexibility index (Phi) is 10.6. The van der Waals surface area contributed by atoms with E-state index in [2.05, 4.69) is 13.2 Å². The Hall–Kier alpha value is -0.330. The van der Waals surface area contributed by atoms with Crippen LogP contribution in [0.15, 0.2) is 0 Å². The monoisotopic (exact) mass is 239 g/mol. The average Bonchev–Trinajstić information content (AvgIpc) is 2.31. The minimum Gasteiger partial charge on any atom is -0.290 e. The van der Waals surface area contributed by atoms with Crippen molar-refractivity contribution in [2.24, 2.45) is 5.41 Å². The molecule has 0 aliphatic rings. The number of hydrogen-bond acceptors (Lipinski definition) is 1. The Bertz CT molecular complexity index is 172. The number of rotatable bonds is 12. The maximum absolute atomic E-state index is 10.6. The van der Waals surface area contributed by atoms with Crippen LogP contribution in [0.25, 0.3) is 0 Å². The fourth-order valence-corrected chi connectivity index (χ4v) is 2.11. The van der Waals surface area contributed by atoms with E-state index in [1.165, 1.54) is 64.2 Å². The first-order valence-electron chi connectivity index (χ1n) is 7.51. The Morgan fingerprint density at radius 2 is 1.18 bits per heavy atom. The van der Waals surface area contributed by atoms with Gasteiger partial charge in [0.25, 0.3) is 0 Å². The second kappa shape index (κ2) is 10.8. The summed E-state index contributed by atoms with van der Waals surface area (Å²) in [5, 5.41) is 0. The highest BCUT2D eigenvalue weighted by Gasteiger charge is 2.16. The molecule has 0 amide bonds. The van der Waals surface area contributed by atoms with E-state index in [0.717, 1.165) is 6.42 Å². The molecule has 1 nitrogen and oxygen atoms in total. The molecule has 0 unspecified atom stereocenters. The quantitative estimate of drug-likeness (QED) is 0.415. The Morgan fingerprint density at radius 3 is 1.59 bits per heavy atom. The first-order chi connectivity index (χ1) is 8.12. The van der Waals surface area contributed by atoms with E-state index >= 15 is 0 Å². The van der Waals surface area contributed by atoms with Crippen molar-refractivity contribution in [3.8, 4) is 0 Å². The molecule has 0 aromatic carbocycles. The molecule has 17 heavy (non-hydrogen) atoms. The van der Waals surface area contributed by atoms with Crippen molar-refractivity contribution in [2.45, 2.75) is 91.4 Å². The first-order valence-corrected chi connectivity index (χ1v) is 7.51.